The number of benzene rings is 1. The van der Waals surface area contributed by atoms with Crippen LogP contribution in [-0.2, 0) is 0 Å². The van der Waals surface area contributed by atoms with Gasteiger partial charge in [0, 0.05) is 4.47 Å². The Bertz CT molecular complexity index is 490. The first-order valence-corrected chi connectivity index (χ1v) is 5.34. The zero-order valence-corrected chi connectivity index (χ0v) is 10.4. The van der Waals surface area contributed by atoms with Crippen LogP contribution in [0, 0.1) is 11.3 Å². The van der Waals surface area contributed by atoms with E-state index in [2.05, 4.69) is 20.7 Å². The number of nitrogens with zero attached hydrogens (tertiary/aromatic N) is 1. The van der Waals surface area contributed by atoms with E-state index in [1.54, 1.807) is 6.07 Å². The summed E-state index contributed by atoms with van der Waals surface area (Å²) in [6.45, 7) is 0. The monoisotopic (exact) mass is 347 g/mol. The number of hydrogen-bond acceptors (Lipinski definition) is 2. The van der Waals surface area contributed by atoms with Crippen LogP contribution in [0.4, 0.5) is 26.3 Å². The molecular weight excluding hydrogens is 344 g/mol. The lowest BCUT2D eigenvalue weighted by Crippen LogP contribution is -2.46. The van der Waals surface area contributed by atoms with Crippen molar-refractivity contribution in [2.24, 2.45) is 0 Å². The zero-order valence-electron chi connectivity index (χ0n) is 8.81. The average molecular weight is 348 g/mol. The van der Waals surface area contributed by atoms with Crippen molar-refractivity contribution in [3.8, 4) is 11.8 Å². The van der Waals surface area contributed by atoms with Crippen molar-refractivity contribution in [2.75, 3.05) is 0 Å². The molecule has 0 aliphatic heterocycles. The van der Waals surface area contributed by atoms with Crippen LogP contribution in [0.2, 0.25) is 0 Å². The quantitative estimate of drug-likeness (QED) is 0.751. The Morgan fingerprint density at radius 3 is 2.05 bits per heavy atom. The lowest BCUT2D eigenvalue weighted by atomic mass is 10.2. The second-order valence-electron chi connectivity index (χ2n) is 3.33. The van der Waals surface area contributed by atoms with E-state index in [1.807, 2.05) is 0 Å². The van der Waals surface area contributed by atoms with Gasteiger partial charge in [0.15, 0.2) is 0 Å². The molecule has 0 N–H and O–H groups in total. The maximum atomic E-state index is 12.2. The molecule has 0 aliphatic rings. The summed E-state index contributed by atoms with van der Waals surface area (Å²) >= 11 is 2.91. The highest BCUT2D eigenvalue weighted by atomic mass is 79.9. The largest absolute Gasteiger partial charge is 0.471 e. The van der Waals surface area contributed by atoms with Gasteiger partial charge < -0.3 is 4.74 Å². The minimum atomic E-state index is -5.60. The minimum Gasteiger partial charge on any atom is -0.471 e. The third-order valence-electron chi connectivity index (χ3n) is 1.91. The molecule has 0 fully saturated rings. The van der Waals surface area contributed by atoms with Crippen LogP contribution in [0.25, 0.3) is 0 Å². The third-order valence-corrected chi connectivity index (χ3v) is 2.60. The number of hydrogen-bond donors (Lipinski definition) is 0. The first-order chi connectivity index (χ1) is 8.55. The Morgan fingerprint density at radius 1 is 1.11 bits per heavy atom. The summed E-state index contributed by atoms with van der Waals surface area (Å²) in [5.41, 5.74) is -0.138. The molecule has 0 atom stereocenters. The van der Waals surface area contributed by atoms with Crippen molar-refractivity contribution in [1.82, 2.24) is 0 Å². The van der Waals surface area contributed by atoms with E-state index in [0.29, 0.717) is 0 Å². The molecule has 104 valence electrons. The highest BCUT2D eigenvalue weighted by Crippen LogP contribution is 2.37. The van der Waals surface area contributed by atoms with Gasteiger partial charge in [-0.1, -0.05) is 0 Å². The Kier molecular flexibility index (Phi) is 4.35. The number of ether oxygens (including phenoxy) is 1. The maximum Gasteiger partial charge on any atom is 0.434 e. The minimum absolute atomic E-state index is 0.138. The molecule has 0 aliphatic carbocycles. The van der Waals surface area contributed by atoms with Gasteiger partial charge in [-0.3, -0.25) is 0 Å². The van der Waals surface area contributed by atoms with E-state index in [1.165, 1.54) is 0 Å². The molecule has 1 aromatic rings. The number of rotatable bonds is 2. The van der Waals surface area contributed by atoms with Gasteiger partial charge >= 0.3 is 12.4 Å². The molecule has 0 spiro atoms. The third kappa shape index (κ3) is 4.02. The summed E-state index contributed by atoms with van der Waals surface area (Å²) in [5.74, 6) is -0.695. The van der Waals surface area contributed by atoms with Gasteiger partial charge in [-0.05, 0) is 34.1 Å². The lowest BCUT2D eigenvalue weighted by molar-refractivity contribution is -0.299. The molecule has 1 aromatic carbocycles. The van der Waals surface area contributed by atoms with E-state index in [0.717, 1.165) is 18.2 Å². The molecule has 9 heteroatoms. The highest BCUT2D eigenvalue weighted by molar-refractivity contribution is 9.10. The standard InChI is InChI=1S/C10H4BrF6NO/c11-7-2-1-6(3-5(7)4-18)19-8(9(12,13)14)10(15,16)17/h1-3,8H. The molecule has 19 heavy (non-hydrogen) atoms. The van der Waals surface area contributed by atoms with E-state index < -0.39 is 24.2 Å². The van der Waals surface area contributed by atoms with Crippen LogP contribution in [0.3, 0.4) is 0 Å². The van der Waals surface area contributed by atoms with Crippen LogP contribution in [0.1, 0.15) is 5.56 Å². The van der Waals surface area contributed by atoms with Crippen molar-refractivity contribution in [2.45, 2.75) is 18.5 Å². The molecule has 0 saturated carbocycles. The van der Waals surface area contributed by atoms with Crippen molar-refractivity contribution >= 4 is 15.9 Å². The van der Waals surface area contributed by atoms with Crippen LogP contribution in [0.5, 0.6) is 5.75 Å². The fourth-order valence-corrected chi connectivity index (χ4v) is 1.45. The first kappa shape index (κ1) is 15.6. The van der Waals surface area contributed by atoms with Crippen LogP contribution in [0.15, 0.2) is 22.7 Å². The Morgan fingerprint density at radius 2 is 1.63 bits per heavy atom. The van der Waals surface area contributed by atoms with E-state index in [4.69, 9.17) is 5.26 Å². The van der Waals surface area contributed by atoms with Gasteiger partial charge in [0.2, 0.25) is 0 Å². The lowest BCUT2D eigenvalue weighted by Gasteiger charge is -2.23. The predicted octanol–water partition coefficient (Wildman–Crippen LogP) is 4.19. The SMILES string of the molecule is N#Cc1cc(OC(C(F)(F)F)C(F)(F)F)ccc1Br. The van der Waals surface area contributed by atoms with E-state index >= 15 is 0 Å². The second kappa shape index (κ2) is 5.28. The molecule has 0 heterocycles. The van der Waals surface area contributed by atoms with Crippen molar-refractivity contribution in [3.63, 3.8) is 0 Å². The van der Waals surface area contributed by atoms with Gasteiger partial charge in [0.25, 0.3) is 6.10 Å². The normalized spacial score (nSPS) is 12.4. The predicted molar refractivity (Wildman–Crippen MR) is 55.4 cm³/mol. The molecule has 0 amide bonds. The second-order valence-corrected chi connectivity index (χ2v) is 4.19. The van der Waals surface area contributed by atoms with Crippen LogP contribution < -0.4 is 4.74 Å². The van der Waals surface area contributed by atoms with Gasteiger partial charge in [0.05, 0.1) is 5.56 Å². The molecule has 0 unspecified atom stereocenters. The summed E-state index contributed by atoms with van der Waals surface area (Å²) in [6, 6.07) is 4.40. The smallest absolute Gasteiger partial charge is 0.434 e. The maximum absolute atomic E-state index is 12.2. The molecule has 0 aromatic heterocycles. The van der Waals surface area contributed by atoms with Crippen molar-refractivity contribution < 1.29 is 31.1 Å². The highest BCUT2D eigenvalue weighted by Gasteiger charge is 2.59. The van der Waals surface area contributed by atoms with Gasteiger partial charge in [-0.2, -0.15) is 31.6 Å². The summed E-state index contributed by atoms with van der Waals surface area (Å²) in [6.07, 6.45) is -15.1. The summed E-state index contributed by atoms with van der Waals surface area (Å²) < 4.78 is 77.6. The first-order valence-electron chi connectivity index (χ1n) is 4.55. The number of halogens is 7. The summed E-state index contributed by atoms with van der Waals surface area (Å²) in [4.78, 5) is 0. The fourth-order valence-electron chi connectivity index (χ4n) is 1.12. The molecule has 1 rings (SSSR count). The van der Waals surface area contributed by atoms with Crippen molar-refractivity contribution in [1.29, 1.82) is 5.26 Å². The van der Waals surface area contributed by atoms with Gasteiger partial charge in [0.1, 0.15) is 11.8 Å². The topological polar surface area (TPSA) is 33.0 Å². The zero-order chi connectivity index (χ0) is 14.8. The summed E-state index contributed by atoms with van der Waals surface area (Å²) in [7, 11) is 0. The fraction of sp³-hybridized carbons (Fsp3) is 0.300. The van der Waals surface area contributed by atoms with E-state index in [-0.39, 0.29) is 10.0 Å². The van der Waals surface area contributed by atoms with Gasteiger partial charge in [-0.15, -0.1) is 0 Å². The summed E-state index contributed by atoms with van der Waals surface area (Å²) in [5, 5.41) is 8.62. The molecule has 2 nitrogen and oxygen atoms in total. The number of nitriles is 1. The molecule has 0 radical (unpaired) electrons. The Balaban J connectivity index is 3.09. The molecule has 0 saturated heterocycles. The van der Waals surface area contributed by atoms with Crippen LogP contribution >= 0.6 is 15.9 Å². The van der Waals surface area contributed by atoms with Gasteiger partial charge in [-0.25, -0.2) is 0 Å². The Hall–Kier alpha value is -1.43. The molecular formula is C10H4BrF6NO. The Labute approximate surface area is 111 Å². The van der Waals surface area contributed by atoms with Crippen LogP contribution in [-0.4, -0.2) is 18.5 Å². The number of alkyl halides is 6. The average Bonchev–Trinajstić information content (AvgIpc) is 2.24. The molecule has 0 bridgehead atoms. The van der Waals surface area contributed by atoms with Crippen molar-refractivity contribution in [3.05, 3.63) is 28.2 Å². The van der Waals surface area contributed by atoms with E-state index in [9.17, 15) is 26.3 Å².